The number of hydrogen-bond acceptors (Lipinski definition) is 6. The van der Waals surface area contributed by atoms with Crippen LogP contribution in [0.1, 0.15) is 85.0 Å². The van der Waals surface area contributed by atoms with Crippen LogP contribution in [0.2, 0.25) is 0 Å². The van der Waals surface area contributed by atoms with Crippen molar-refractivity contribution in [2.45, 2.75) is 84.3 Å². The highest BCUT2D eigenvalue weighted by Gasteiger charge is 2.34. The molecule has 2 saturated carbocycles. The van der Waals surface area contributed by atoms with Gasteiger partial charge in [0.05, 0.1) is 5.56 Å². The molecule has 0 bridgehead atoms. The van der Waals surface area contributed by atoms with E-state index in [4.69, 9.17) is 4.74 Å². The van der Waals surface area contributed by atoms with Crippen molar-refractivity contribution in [2.24, 2.45) is 11.8 Å². The van der Waals surface area contributed by atoms with Crippen LogP contribution in [0, 0.1) is 11.8 Å². The van der Waals surface area contributed by atoms with E-state index in [1.54, 1.807) is 11.3 Å². The van der Waals surface area contributed by atoms with E-state index in [0.29, 0.717) is 25.3 Å². The molecule has 0 saturated heterocycles. The molecule has 2 aliphatic carbocycles. The number of carbonyl (C=O) groups is 3. The van der Waals surface area contributed by atoms with Crippen molar-refractivity contribution < 1.29 is 19.1 Å². The number of amides is 1. The van der Waals surface area contributed by atoms with Crippen LogP contribution in [-0.2, 0) is 33.7 Å². The maximum Gasteiger partial charge on any atom is 0.306 e. The Balaban J connectivity index is 1.41. The summed E-state index contributed by atoms with van der Waals surface area (Å²) >= 11 is 1.67. The third kappa shape index (κ3) is 6.41. The molecule has 0 radical (unpaired) electrons. The van der Waals surface area contributed by atoms with Gasteiger partial charge in [-0.3, -0.25) is 19.3 Å². The summed E-state index contributed by atoms with van der Waals surface area (Å²) in [4.78, 5) is 42.2. The fourth-order valence-electron chi connectivity index (χ4n) is 4.27. The highest BCUT2D eigenvalue weighted by Crippen LogP contribution is 2.37. The molecule has 32 heavy (non-hydrogen) atoms. The van der Waals surface area contributed by atoms with Gasteiger partial charge in [0.15, 0.2) is 0 Å². The normalized spacial score (nSPS) is 18.8. The molecule has 3 aliphatic rings. The van der Waals surface area contributed by atoms with Crippen LogP contribution in [0.25, 0.3) is 0 Å². The van der Waals surface area contributed by atoms with Crippen molar-refractivity contribution in [2.75, 3.05) is 19.6 Å². The lowest BCUT2D eigenvalue weighted by Crippen LogP contribution is -2.33. The van der Waals surface area contributed by atoms with Gasteiger partial charge >= 0.3 is 5.97 Å². The smallest absolute Gasteiger partial charge is 0.306 e. The van der Waals surface area contributed by atoms with Crippen LogP contribution in [0.3, 0.4) is 0 Å². The van der Waals surface area contributed by atoms with Crippen molar-refractivity contribution in [3.8, 4) is 0 Å². The number of ether oxygens (including phenoxy) is 1. The minimum atomic E-state index is -0.454. The van der Waals surface area contributed by atoms with Gasteiger partial charge in [-0.25, -0.2) is 0 Å². The number of Topliss-reactive ketones (excluding diaryl/α,β-unsaturated/α-hetero) is 1. The van der Waals surface area contributed by atoms with E-state index >= 15 is 0 Å². The molecule has 0 aromatic carbocycles. The maximum absolute atomic E-state index is 13.1. The van der Waals surface area contributed by atoms with Gasteiger partial charge in [-0.05, 0) is 77.3 Å². The molecule has 4 rings (SSSR count). The van der Waals surface area contributed by atoms with Gasteiger partial charge in [0.1, 0.15) is 11.4 Å². The number of ketones is 1. The molecule has 2 heterocycles. The lowest BCUT2D eigenvalue weighted by molar-refractivity contribution is -0.155. The summed E-state index contributed by atoms with van der Waals surface area (Å²) in [5, 5.41) is 3.13. The average molecular weight is 461 g/mol. The molecule has 1 aromatic heterocycles. The van der Waals surface area contributed by atoms with E-state index < -0.39 is 5.60 Å². The maximum atomic E-state index is 13.1. The van der Waals surface area contributed by atoms with Crippen LogP contribution in [0.15, 0.2) is 0 Å². The standard InChI is InChI=1S/C25H36N2O4S/c1-25(2,3)31-22(29)5-4-11-27-12-10-20-18(15-27)23(24(30)26-14-16-6-7-16)21(32-20)13-19(28)17-8-9-17/h16-17H,4-15H2,1-3H3,(H,26,30). The van der Waals surface area contributed by atoms with Crippen molar-refractivity contribution >= 4 is 29.0 Å². The first-order chi connectivity index (χ1) is 15.2. The van der Waals surface area contributed by atoms with E-state index in [1.807, 2.05) is 20.8 Å². The van der Waals surface area contributed by atoms with Crippen molar-refractivity contribution in [1.82, 2.24) is 10.2 Å². The summed E-state index contributed by atoms with van der Waals surface area (Å²) in [5.41, 5.74) is 1.41. The second kappa shape index (κ2) is 9.64. The predicted molar refractivity (Wildman–Crippen MR) is 125 cm³/mol. The molecule has 1 aliphatic heterocycles. The first kappa shape index (κ1) is 23.4. The zero-order valence-corrected chi connectivity index (χ0v) is 20.4. The third-order valence-corrected chi connectivity index (χ3v) is 7.61. The van der Waals surface area contributed by atoms with Crippen LogP contribution in [0.5, 0.6) is 0 Å². The van der Waals surface area contributed by atoms with Gasteiger partial charge in [-0.2, -0.15) is 0 Å². The highest BCUT2D eigenvalue weighted by molar-refractivity contribution is 7.12. The minimum absolute atomic E-state index is 0.0106. The molecule has 0 spiro atoms. The first-order valence-electron chi connectivity index (χ1n) is 12.1. The second-order valence-electron chi connectivity index (χ2n) is 10.6. The Hall–Kier alpha value is -1.73. The van der Waals surface area contributed by atoms with Crippen LogP contribution >= 0.6 is 11.3 Å². The molecule has 0 unspecified atom stereocenters. The first-order valence-corrected chi connectivity index (χ1v) is 12.9. The Morgan fingerprint density at radius 2 is 1.91 bits per heavy atom. The number of hydrogen-bond donors (Lipinski definition) is 1. The summed E-state index contributed by atoms with van der Waals surface area (Å²) in [7, 11) is 0. The largest absolute Gasteiger partial charge is 0.460 e. The lowest BCUT2D eigenvalue weighted by Gasteiger charge is -2.27. The molecule has 1 amide bonds. The Morgan fingerprint density at radius 3 is 2.56 bits per heavy atom. The van der Waals surface area contributed by atoms with Gasteiger partial charge in [0, 0.05) is 48.1 Å². The van der Waals surface area contributed by atoms with Gasteiger partial charge in [-0.1, -0.05) is 0 Å². The van der Waals surface area contributed by atoms with Crippen LogP contribution in [0.4, 0.5) is 0 Å². The summed E-state index contributed by atoms with van der Waals surface area (Å²) in [6.07, 6.45) is 6.82. The number of thiophene rings is 1. The Bertz CT molecular complexity index is 877. The van der Waals surface area contributed by atoms with Gasteiger partial charge in [-0.15, -0.1) is 11.3 Å². The lowest BCUT2D eigenvalue weighted by atomic mass is 9.99. The Kier molecular flexibility index (Phi) is 7.06. The predicted octanol–water partition coefficient (Wildman–Crippen LogP) is 3.89. The second-order valence-corrected chi connectivity index (χ2v) is 11.8. The number of esters is 1. The zero-order valence-electron chi connectivity index (χ0n) is 19.6. The molecule has 0 atom stereocenters. The zero-order chi connectivity index (χ0) is 22.9. The average Bonchev–Trinajstić information content (AvgIpc) is 3.61. The van der Waals surface area contributed by atoms with E-state index in [2.05, 4.69) is 10.2 Å². The molecule has 176 valence electrons. The molecule has 6 nitrogen and oxygen atoms in total. The topological polar surface area (TPSA) is 75.7 Å². The number of fused-ring (bicyclic) bond motifs is 1. The van der Waals surface area contributed by atoms with Crippen molar-refractivity contribution in [3.05, 3.63) is 20.9 Å². The number of nitrogens with zero attached hydrogens (tertiary/aromatic N) is 1. The highest BCUT2D eigenvalue weighted by atomic mass is 32.1. The van der Waals surface area contributed by atoms with Gasteiger partial charge in [0.25, 0.3) is 5.91 Å². The summed E-state index contributed by atoms with van der Waals surface area (Å²) in [5.74, 6) is 0.944. The number of nitrogens with one attached hydrogen (secondary N) is 1. The monoisotopic (exact) mass is 460 g/mol. The van der Waals surface area contributed by atoms with E-state index in [0.717, 1.165) is 61.3 Å². The summed E-state index contributed by atoms with van der Waals surface area (Å²) in [6, 6.07) is 0. The third-order valence-electron chi connectivity index (χ3n) is 6.32. The van der Waals surface area contributed by atoms with E-state index in [9.17, 15) is 14.4 Å². The Labute approximate surface area is 195 Å². The van der Waals surface area contributed by atoms with Gasteiger partial charge in [0.2, 0.25) is 0 Å². The van der Waals surface area contributed by atoms with Crippen LogP contribution < -0.4 is 5.32 Å². The minimum Gasteiger partial charge on any atom is -0.460 e. The fraction of sp³-hybridized carbons (Fsp3) is 0.720. The summed E-state index contributed by atoms with van der Waals surface area (Å²) in [6.45, 7) is 8.82. The molecule has 2 fully saturated rings. The fourth-order valence-corrected chi connectivity index (χ4v) is 5.59. The quantitative estimate of drug-likeness (QED) is 0.536. The molecular formula is C25H36N2O4S. The summed E-state index contributed by atoms with van der Waals surface area (Å²) < 4.78 is 5.41. The van der Waals surface area contributed by atoms with E-state index in [1.165, 1.54) is 17.7 Å². The number of carbonyl (C=O) groups excluding carboxylic acids is 3. The van der Waals surface area contributed by atoms with Crippen molar-refractivity contribution in [1.29, 1.82) is 0 Å². The van der Waals surface area contributed by atoms with Crippen molar-refractivity contribution in [3.63, 3.8) is 0 Å². The molecule has 7 heteroatoms. The van der Waals surface area contributed by atoms with E-state index in [-0.39, 0.29) is 23.6 Å². The number of rotatable bonds is 10. The molecular weight excluding hydrogens is 424 g/mol. The van der Waals surface area contributed by atoms with Crippen LogP contribution in [-0.4, -0.2) is 47.8 Å². The molecule has 1 N–H and O–H groups in total. The molecule has 1 aromatic rings. The SMILES string of the molecule is CC(C)(C)OC(=O)CCCN1CCc2sc(CC(=O)C3CC3)c(C(=O)NCC3CC3)c2C1. The Morgan fingerprint density at radius 1 is 1.16 bits per heavy atom. The van der Waals surface area contributed by atoms with Gasteiger partial charge < -0.3 is 10.1 Å².